The Morgan fingerprint density at radius 2 is 2.16 bits per heavy atom. The number of anilines is 2. The average Bonchev–Trinajstić information content (AvgIpc) is 2.39. The van der Waals surface area contributed by atoms with Crippen LogP contribution in [0.15, 0.2) is 18.2 Å². The summed E-state index contributed by atoms with van der Waals surface area (Å²) in [5.74, 6) is -0.382. The Morgan fingerprint density at radius 3 is 2.79 bits per heavy atom. The first kappa shape index (κ1) is 15.3. The summed E-state index contributed by atoms with van der Waals surface area (Å²) < 4.78 is 10.0. The number of ether oxygens (including phenoxy) is 2. The Morgan fingerprint density at radius 1 is 1.42 bits per heavy atom. The largest absolute Gasteiger partial charge is 0.462 e. The second-order valence-corrected chi connectivity index (χ2v) is 4.23. The third-order valence-corrected chi connectivity index (χ3v) is 2.83. The number of nitrogens with zero attached hydrogens (tertiary/aromatic N) is 1. The van der Waals surface area contributed by atoms with Crippen LogP contribution in [-0.2, 0) is 9.47 Å². The highest BCUT2D eigenvalue weighted by Crippen LogP contribution is 2.26. The predicted molar refractivity (Wildman–Crippen MR) is 76.6 cm³/mol. The number of nitrogens with two attached hydrogens (primary N) is 1. The number of para-hydroxylation sites is 1. The van der Waals surface area contributed by atoms with E-state index in [-0.39, 0.29) is 5.97 Å². The molecule has 1 aromatic carbocycles. The van der Waals surface area contributed by atoms with E-state index < -0.39 is 0 Å². The van der Waals surface area contributed by atoms with Crippen LogP contribution in [0.2, 0.25) is 0 Å². The summed E-state index contributed by atoms with van der Waals surface area (Å²) in [7, 11) is 3.62. The van der Waals surface area contributed by atoms with E-state index in [0.29, 0.717) is 24.5 Å². The maximum atomic E-state index is 11.8. The van der Waals surface area contributed by atoms with Crippen LogP contribution in [0.3, 0.4) is 0 Å². The molecule has 0 aliphatic carbocycles. The van der Waals surface area contributed by atoms with Gasteiger partial charge >= 0.3 is 5.97 Å². The molecule has 0 aliphatic rings. The number of carbonyl (C=O) groups excluding carboxylic acids is 1. The van der Waals surface area contributed by atoms with Crippen LogP contribution in [0, 0.1) is 0 Å². The third-order valence-electron chi connectivity index (χ3n) is 2.83. The molecule has 0 fully saturated rings. The zero-order valence-electron chi connectivity index (χ0n) is 11.8. The summed E-state index contributed by atoms with van der Waals surface area (Å²) in [6, 6.07) is 5.38. The maximum Gasteiger partial charge on any atom is 0.340 e. The lowest BCUT2D eigenvalue weighted by Gasteiger charge is -2.22. The minimum atomic E-state index is -0.382. The highest BCUT2D eigenvalue weighted by atomic mass is 16.5. The van der Waals surface area contributed by atoms with Crippen molar-refractivity contribution in [2.45, 2.75) is 13.3 Å². The molecule has 0 saturated heterocycles. The van der Waals surface area contributed by atoms with E-state index in [1.165, 1.54) is 0 Å². The van der Waals surface area contributed by atoms with E-state index in [4.69, 9.17) is 15.2 Å². The van der Waals surface area contributed by atoms with Crippen molar-refractivity contribution in [3.8, 4) is 0 Å². The highest BCUT2D eigenvalue weighted by Gasteiger charge is 2.15. The van der Waals surface area contributed by atoms with E-state index in [9.17, 15) is 4.79 Å². The maximum absolute atomic E-state index is 11.8. The Bertz CT molecular complexity index is 421. The summed E-state index contributed by atoms with van der Waals surface area (Å²) in [6.45, 7) is 3.62. The van der Waals surface area contributed by atoms with Crippen LogP contribution in [0.4, 0.5) is 11.4 Å². The lowest BCUT2D eigenvalue weighted by molar-refractivity contribution is 0.0527. The number of esters is 1. The zero-order valence-corrected chi connectivity index (χ0v) is 11.8. The van der Waals surface area contributed by atoms with E-state index in [2.05, 4.69) is 0 Å². The summed E-state index contributed by atoms with van der Waals surface area (Å²) in [5.41, 5.74) is 7.75. The number of nitrogen functional groups attached to an aromatic ring is 1. The summed E-state index contributed by atoms with van der Waals surface area (Å²) in [5, 5.41) is 0. The molecule has 5 nitrogen and oxygen atoms in total. The zero-order chi connectivity index (χ0) is 14.3. The Kier molecular flexibility index (Phi) is 6.15. The molecule has 0 aromatic heterocycles. The van der Waals surface area contributed by atoms with Crippen molar-refractivity contribution in [1.29, 1.82) is 0 Å². The minimum Gasteiger partial charge on any atom is -0.462 e. The predicted octanol–water partition coefficient (Wildman–Crippen LogP) is 1.92. The molecular formula is C14H22N2O3. The van der Waals surface area contributed by atoms with E-state index in [1.807, 2.05) is 24.1 Å². The molecule has 1 rings (SSSR count). The molecule has 5 heteroatoms. The van der Waals surface area contributed by atoms with Gasteiger partial charge in [-0.15, -0.1) is 0 Å². The van der Waals surface area contributed by atoms with Crippen LogP contribution in [0.5, 0.6) is 0 Å². The first-order valence-electron chi connectivity index (χ1n) is 6.37. The summed E-state index contributed by atoms with van der Waals surface area (Å²) in [4.78, 5) is 13.8. The number of rotatable bonds is 7. The van der Waals surface area contributed by atoms with Gasteiger partial charge in [-0.05, 0) is 25.5 Å². The van der Waals surface area contributed by atoms with Gasteiger partial charge in [0.25, 0.3) is 0 Å². The molecule has 2 N–H and O–H groups in total. The lowest BCUT2D eigenvalue weighted by Crippen LogP contribution is -2.22. The first-order valence-corrected chi connectivity index (χ1v) is 6.37. The van der Waals surface area contributed by atoms with Crippen molar-refractivity contribution in [1.82, 2.24) is 0 Å². The van der Waals surface area contributed by atoms with Gasteiger partial charge in [0, 0.05) is 27.3 Å². The van der Waals surface area contributed by atoms with Crippen molar-refractivity contribution < 1.29 is 14.3 Å². The van der Waals surface area contributed by atoms with Crippen LogP contribution in [0.1, 0.15) is 23.7 Å². The summed E-state index contributed by atoms with van der Waals surface area (Å²) in [6.07, 6.45) is 0.899. The fraction of sp³-hybridized carbons (Fsp3) is 0.500. The van der Waals surface area contributed by atoms with Gasteiger partial charge in [0.2, 0.25) is 0 Å². The number of hydrogen-bond acceptors (Lipinski definition) is 5. The smallest absolute Gasteiger partial charge is 0.340 e. The number of methoxy groups -OCH3 is 1. The molecule has 0 heterocycles. The Hall–Kier alpha value is -1.75. The Balaban J connectivity index is 2.84. The van der Waals surface area contributed by atoms with Crippen LogP contribution in [0.25, 0.3) is 0 Å². The van der Waals surface area contributed by atoms with Gasteiger partial charge in [0.1, 0.15) is 0 Å². The van der Waals surface area contributed by atoms with Gasteiger partial charge in [0.05, 0.1) is 23.5 Å². The van der Waals surface area contributed by atoms with Crippen LogP contribution >= 0.6 is 0 Å². The van der Waals surface area contributed by atoms with E-state index >= 15 is 0 Å². The molecule has 0 unspecified atom stereocenters. The molecule has 0 bridgehead atoms. The molecule has 0 spiro atoms. The quantitative estimate of drug-likeness (QED) is 0.464. The third kappa shape index (κ3) is 4.13. The van der Waals surface area contributed by atoms with Crippen molar-refractivity contribution >= 4 is 17.3 Å². The average molecular weight is 266 g/mol. The van der Waals surface area contributed by atoms with Crippen LogP contribution < -0.4 is 10.6 Å². The first-order chi connectivity index (χ1) is 9.11. The highest BCUT2D eigenvalue weighted by molar-refractivity contribution is 5.98. The number of hydrogen-bond donors (Lipinski definition) is 1. The second kappa shape index (κ2) is 7.63. The lowest BCUT2D eigenvalue weighted by atomic mass is 10.1. The minimum absolute atomic E-state index is 0.339. The van der Waals surface area contributed by atoms with Gasteiger partial charge in [-0.3, -0.25) is 0 Å². The molecule has 19 heavy (non-hydrogen) atoms. The van der Waals surface area contributed by atoms with Crippen molar-refractivity contribution in [3.05, 3.63) is 23.8 Å². The SMILES string of the molecule is CCOC(=O)c1cccc(N(C)CCCOC)c1N. The molecule has 0 amide bonds. The van der Waals surface area contributed by atoms with E-state index in [0.717, 1.165) is 18.7 Å². The number of carbonyl (C=O) groups is 1. The fourth-order valence-electron chi connectivity index (χ4n) is 1.84. The number of benzene rings is 1. The molecule has 1 aromatic rings. The van der Waals surface area contributed by atoms with Crippen LogP contribution in [-0.4, -0.2) is 39.9 Å². The molecule has 0 radical (unpaired) electrons. The molecule has 0 aliphatic heterocycles. The van der Waals surface area contributed by atoms with Gasteiger partial charge in [-0.25, -0.2) is 4.79 Å². The molecule has 106 valence electrons. The van der Waals surface area contributed by atoms with Crippen molar-refractivity contribution in [3.63, 3.8) is 0 Å². The van der Waals surface area contributed by atoms with Gasteiger partial charge in [-0.2, -0.15) is 0 Å². The molecule has 0 atom stereocenters. The van der Waals surface area contributed by atoms with Gasteiger partial charge in [0.15, 0.2) is 0 Å². The summed E-state index contributed by atoms with van der Waals surface area (Å²) >= 11 is 0. The Labute approximate surface area is 114 Å². The van der Waals surface area contributed by atoms with Crippen molar-refractivity contribution in [2.75, 3.05) is 44.5 Å². The standard InChI is InChI=1S/C14H22N2O3/c1-4-19-14(17)11-7-5-8-12(13(11)15)16(2)9-6-10-18-3/h5,7-8H,4,6,9-10,15H2,1-3H3. The monoisotopic (exact) mass is 266 g/mol. The van der Waals surface area contributed by atoms with Gasteiger partial charge in [-0.1, -0.05) is 6.07 Å². The van der Waals surface area contributed by atoms with Crippen molar-refractivity contribution in [2.24, 2.45) is 0 Å². The molecular weight excluding hydrogens is 244 g/mol. The normalized spacial score (nSPS) is 10.3. The second-order valence-electron chi connectivity index (χ2n) is 4.23. The fourth-order valence-corrected chi connectivity index (χ4v) is 1.84. The molecule has 0 saturated carbocycles. The topological polar surface area (TPSA) is 64.8 Å². The van der Waals surface area contributed by atoms with E-state index in [1.54, 1.807) is 20.1 Å². The van der Waals surface area contributed by atoms with Gasteiger partial charge < -0.3 is 20.1 Å².